The minimum Gasteiger partial charge on any atom is -0.320 e. The first-order valence-electron chi connectivity index (χ1n) is 7.92. The molecular weight excluding hydrogens is 415 g/mol. The molecule has 0 saturated carbocycles. The fraction of sp³-hybridized carbons (Fsp3) is 0.167. The molecule has 0 aliphatic heterocycles. The number of benzene rings is 2. The Kier molecular flexibility index (Phi) is 5.66. The van der Waals surface area contributed by atoms with Crippen molar-refractivity contribution in [2.24, 2.45) is 7.05 Å². The lowest BCUT2D eigenvalue weighted by molar-refractivity contribution is -0.113. The molecule has 0 aliphatic rings. The zero-order valence-electron chi connectivity index (χ0n) is 14.3. The minimum absolute atomic E-state index is 0.0178. The second-order valence-electron chi connectivity index (χ2n) is 5.75. The molecule has 1 atom stereocenters. The van der Waals surface area contributed by atoms with E-state index in [0.717, 1.165) is 4.68 Å². The third-order valence-corrected chi connectivity index (χ3v) is 5.39. The summed E-state index contributed by atoms with van der Waals surface area (Å²) < 4.78 is 37.2. The molecule has 0 fully saturated rings. The van der Waals surface area contributed by atoms with Gasteiger partial charge in [0.2, 0.25) is 0 Å². The van der Waals surface area contributed by atoms with Crippen LogP contribution >= 0.6 is 23.4 Å². The minimum atomic E-state index is -4.60. The van der Waals surface area contributed by atoms with Gasteiger partial charge in [0.25, 0.3) is 11.5 Å². The van der Waals surface area contributed by atoms with Gasteiger partial charge in [0.05, 0.1) is 11.1 Å². The van der Waals surface area contributed by atoms with Crippen molar-refractivity contribution >= 4 is 45.7 Å². The number of aromatic nitrogens is 2. The maximum Gasteiger partial charge on any atom is 0.414 e. The number of thioether (sulfide) groups is 1. The fourth-order valence-corrected chi connectivity index (χ4v) is 3.55. The Bertz CT molecular complexity index is 1100. The van der Waals surface area contributed by atoms with Crippen molar-refractivity contribution in [3.63, 3.8) is 0 Å². The summed E-state index contributed by atoms with van der Waals surface area (Å²) in [6.07, 6.45) is -4.60. The maximum absolute atomic E-state index is 12.8. The van der Waals surface area contributed by atoms with Gasteiger partial charge in [0.1, 0.15) is 0 Å². The molecule has 3 rings (SSSR count). The largest absolute Gasteiger partial charge is 0.414 e. The molecule has 28 heavy (non-hydrogen) atoms. The summed E-state index contributed by atoms with van der Waals surface area (Å²) in [5, 5.41) is 7.22. The van der Waals surface area contributed by atoms with Gasteiger partial charge in [0.15, 0.2) is 10.4 Å². The standard InChI is InChI=1S/C18H13ClF3N3O2S/c1-25-16(27)11-7-3-2-6-10(11)14(24-25)15(26)23-12-8-4-5-9-13(12)28-17(19)18(20,21)22/h2-9,17H,1H3,(H,23,26). The first kappa shape index (κ1) is 20.2. The molecule has 146 valence electrons. The topological polar surface area (TPSA) is 64.0 Å². The van der Waals surface area contributed by atoms with E-state index in [1.165, 1.54) is 25.2 Å². The van der Waals surface area contributed by atoms with Gasteiger partial charge in [-0.15, -0.1) is 11.6 Å². The molecule has 2 aromatic carbocycles. The van der Waals surface area contributed by atoms with Crippen molar-refractivity contribution in [2.45, 2.75) is 15.8 Å². The molecular formula is C18H13ClF3N3O2S. The van der Waals surface area contributed by atoms with Crippen LogP contribution < -0.4 is 10.9 Å². The van der Waals surface area contributed by atoms with Crippen LogP contribution in [0.3, 0.4) is 0 Å². The van der Waals surface area contributed by atoms with Crippen molar-refractivity contribution in [2.75, 3.05) is 5.32 Å². The zero-order valence-corrected chi connectivity index (χ0v) is 15.9. The van der Waals surface area contributed by atoms with Crippen molar-refractivity contribution in [1.82, 2.24) is 9.78 Å². The van der Waals surface area contributed by atoms with Crippen molar-refractivity contribution in [1.29, 1.82) is 0 Å². The highest BCUT2D eigenvalue weighted by atomic mass is 35.5. The monoisotopic (exact) mass is 427 g/mol. The van der Waals surface area contributed by atoms with Crippen LogP contribution in [-0.4, -0.2) is 26.6 Å². The summed E-state index contributed by atoms with van der Waals surface area (Å²) in [6, 6.07) is 12.5. The van der Waals surface area contributed by atoms with Crippen molar-refractivity contribution in [3.05, 3.63) is 64.6 Å². The first-order chi connectivity index (χ1) is 13.2. The molecule has 0 bridgehead atoms. The number of hydrogen-bond donors (Lipinski definition) is 1. The van der Waals surface area contributed by atoms with Gasteiger partial charge >= 0.3 is 6.18 Å². The lowest BCUT2D eigenvalue weighted by Gasteiger charge is -2.16. The summed E-state index contributed by atoms with van der Waals surface area (Å²) in [5.41, 5.74) is -0.221. The molecule has 0 saturated heterocycles. The maximum atomic E-state index is 12.8. The summed E-state index contributed by atoms with van der Waals surface area (Å²) in [4.78, 5) is 25.1. The third-order valence-electron chi connectivity index (χ3n) is 3.79. The molecule has 1 heterocycles. The van der Waals surface area contributed by atoms with Gasteiger partial charge in [-0.25, -0.2) is 4.68 Å². The number of nitrogens with one attached hydrogen (secondary N) is 1. The Hall–Kier alpha value is -2.52. The van der Waals surface area contributed by atoms with E-state index in [0.29, 0.717) is 22.5 Å². The summed E-state index contributed by atoms with van der Waals surface area (Å²) in [6.45, 7) is 0. The van der Waals surface area contributed by atoms with Crippen LogP contribution in [0.25, 0.3) is 10.8 Å². The molecule has 10 heteroatoms. The van der Waals surface area contributed by atoms with Crippen LogP contribution in [0.15, 0.2) is 58.2 Å². The van der Waals surface area contributed by atoms with Gasteiger partial charge in [-0.05, 0) is 18.2 Å². The fourth-order valence-electron chi connectivity index (χ4n) is 2.50. The van der Waals surface area contributed by atoms with Gasteiger partial charge < -0.3 is 5.32 Å². The van der Waals surface area contributed by atoms with E-state index < -0.39 is 16.8 Å². The third kappa shape index (κ3) is 4.15. The predicted molar refractivity (Wildman–Crippen MR) is 103 cm³/mol. The van der Waals surface area contributed by atoms with E-state index in [-0.39, 0.29) is 21.8 Å². The second-order valence-corrected chi connectivity index (χ2v) is 7.59. The van der Waals surface area contributed by atoms with Crippen molar-refractivity contribution in [3.8, 4) is 0 Å². The zero-order chi connectivity index (χ0) is 20.5. The number of hydrogen-bond acceptors (Lipinski definition) is 4. The Morgan fingerprint density at radius 1 is 1.14 bits per heavy atom. The highest BCUT2D eigenvalue weighted by molar-refractivity contribution is 8.01. The van der Waals surface area contributed by atoms with E-state index in [2.05, 4.69) is 10.4 Å². The van der Waals surface area contributed by atoms with Gasteiger partial charge in [-0.1, -0.05) is 42.1 Å². The average molecular weight is 428 g/mol. The average Bonchev–Trinajstić information content (AvgIpc) is 2.65. The SMILES string of the molecule is Cn1nc(C(=O)Nc2ccccc2SC(Cl)C(F)(F)F)c2ccccc2c1=O. The Morgan fingerprint density at radius 3 is 2.43 bits per heavy atom. The number of fused-ring (bicyclic) bond motifs is 1. The van der Waals surface area contributed by atoms with Crippen LogP contribution in [0.2, 0.25) is 0 Å². The Labute approximate surface area is 166 Å². The van der Waals surface area contributed by atoms with Crippen LogP contribution in [0.5, 0.6) is 0 Å². The van der Waals surface area contributed by atoms with Crippen LogP contribution in [0, 0.1) is 0 Å². The number of aryl methyl sites for hydroxylation is 1. The Balaban J connectivity index is 1.96. The molecule has 1 aromatic heterocycles. The summed E-state index contributed by atoms with van der Waals surface area (Å²) >= 11 is 5.78. The molecule has 1 amide bonds. The summed E-state index contributed by atoms with van der Waals surface area (Å²) in [7, 11) is 1.41. The quantitative estimate of drug-likeness (QED) is 0.495. The van der Waals surface area contributed by atoms with E-state index in [1.807, 2.05) is 0 Å². The molecule has 1 unspecified atom stereocenters. The number of halogens is 4. The number of para-hydroxylation sites is 1. The molecule has 0 spiro atoms. The smallest absolute Gasteiger partial charge is 0.320 e. The molecule has 1 N–H and O–H groups in total. The van der Waals surface area contributed by atoms with E-state index in [1.54, 1.807) is 30.3 Å². The molecule has 0 aliphatic carbocycles. The molecule has 3 aromatic rings. The van der Waals surface area contributed by atoms with Gasteiger partial charge in [-0.2, -0.15) is 18.3 Å². The number of anilines is 1. The lowest BCUT2D eigenvalue weighted by Crippen LogP contribution is -2.25. The molecule has 0 radical (unpaired) electrons. The molecule has 5 nitrogen and oxygen atoms in total. The highest BCUT2D eigenvalue weighted by Crippen LogP contribution is 2.40. The summed E-state index contributed by atoms with van der Waals surface area (Å²) in [5.74, 6) is -0.655. The normalized spacial score (nSPS) is 12.8. The second kappa shape index (κ2) is 7.84. The lowest BCUT2D eigenvalue weighted by atomic mass is 10.1. The van der Waals surface area contributed by atoms with E-state index in [9.17, 15) is 22.8 Å². The van der Waals surface area contributed by atoms with Crippen LogP contribution in [-0.2, 0) is 7.05 Å². The number of alkyl halides is 4. The van der Waals surface area contributed by atoms with Crippen molar-refractivity contribution < 1.29 is 18.0 Å². The van der Waals surface area contributed by atoms with Crippen LogP contribution in [0.1, 0.15) is 10.5 Å². The Morgan fingerprint density at radius 2 is 1.75 bits per heavy atom. The van der Waals surface area contributed by atoms with Crippen LogP contribution in [0.4, 0.5) is 18.9 Å². The van der Waals surface area contributed by atoms with E-state index >= 15 is 0 Å². The van der Waals surface area contributed by atoms with E-state index in [4.69, 9.17) is 11.6 Å². The first-order valence-corrected chi connectivity index (χ1v) is 9.24. The van der Waals surface area contributed by atoms with Gasteiger partial charge in [-0.3, -0.25) is 9.59 Å². The number of amides is 1. The predicted octanol–water partition coefficient (Wildman–Crippen LogP) is 4.41. The number of rotatable bonds is 4. The number of carbonyl (C=O) groups excluding carboxylic acids is 1. The van der Waals surface area contributed by atoms with Gasteiger partial charge in [0, 0.05) is 17.3 Å². The number of carbonyl (C=O) groups is 1. The number of nitrogens with zero attached hydrogens (tertiary/aromatic N) is 2. The highest BCUT2D eigenvalue weighted by Gasteiger charge is 2.39.